The van der Waals surface area contributed by atoms with Crippen LogP contribution < -0.4 is 5.32 Å². The Labute approximate surface area is 95.0 Å². The predicted octanol–water partition coefficient (Wildman–Crippen LogP) is 3.73. The minimum atomic E-state index is 0.753. The summed E-state index contributed by atoms with van der Waals surface area (Å²) < 4.78 is 0. The van der Waals surface area contributed by atoms with Gasteiger partial charge in [0.15, 0.2) is 0 Å². The zero-order valence-electron chi connectivity index (χ0n) is 10.5. The normalized spacial score (nSPS) is 23.4. The van der Waals surface area contributed by atoms with E-state index in [4.69, 9.17) is 0 Å². The Morgan fingerprint density at radius 3 is 2.13 bits per heavy atom. The first-order valence-electron chi connectivity index (χ1n) is 7.07. The molecule has 2 aliphatic carbocycles. The molecule has 0 aromatic heterocycles. The van der Waals surface area contributed by atoms with Gasteiger partial charge < -0.3 is 5.32 Å². The van der Waals surface area contributed by atoms with Crippen LogP contribution in [0.4, 0.5) is 0 Å². The van der Waals surface area contributed by atoms with Crippen molar-refractivity contribution in [1.82, 2.24) is 5.32 Å². The number of hydrogen-bond donors (Lipinski definition) is 1. The lowest BCUT2D eigenvalue weighted by molar-refractivity contribution is 0.356. The summed E-state index contributed by atoms with van der Waals surface area (Å²) in [6.45, 7) is 4.67. The molecule has 2 aliphatic rings. The van der Waals surface area contributed by atoms with Crippen molar-refractivity contribution in [2.24, 2.45) is 11.8 Å². The largest absolute Gasteiger partial charge is 0.311 e. The number of rotatable bonds is 8. The smallest absolute Gasteiger partial charge is 0.0126 e. The van der Waals surface area contributed by atoms with Crippen molar-refractivity contribution in [2.45, 2.75) is 77.3 Å². The summed E-state index contributed by atoms with van der Waals surface area (Å²) >= 11 is 0. The van der Waals surface area contributed by atoms with Crippen molar-refractivity contribution in [2.75, 3.05) is 0 Å². The second-order valence-electron chi connectivity index (χ2n) is 5.76. The Morgan fingerprint density at radius 1 is 1.07 bits per heavy atom. The molecule has 1 heteroatoms. The molecule has 1 nitrogen and oxygen atoms in total. The molecule has 0 bridgehead atoms. The highest BCUT2D eigenvalue weighted by Gasteiger charge is 2.41. The fourth-order valence-corrected chi connectivity index (χ4v) is 2.68. The number of nitrogens with one attached hydrogen (secondary N) is 1. The molecule has 2 fully saturated rings. The summed E-state index contributed by atoms with van der Waals surface area (Å²) in [6.07, 6.45) is 11.5. The molecule has 0 aromatic rings. The number of unbranched alkanes of at least 4 members (excludes halogenated alkanes) is 2. The number of hydrogen-bond acceptors (Lipinski definition) is 1. The van der Waals surface area contributed by atoms with Crippen LogP contribution in [0.25, 0.3) is 0 Å². The van der Waals surface area contributed by atoms with Crippen molar-refractivity contribution >= 4 is 0 Å². The van der Waals surface area contributed by atoms with Gasteiger partial charge in [0.2, 0.25) is 0 Å². The van der Waals surface area contributed by atoms with Gasteiger partial charge in [-0.2, -0.15) is 0 Å². The monoisotopic (exact) mass is 209 g/mol. The molecule has 0 amide bonds. The summed E-state index contributed by atoms with van der Waals surface area (Å²) in [4.78, 5) is 0. The molecule has 2 saturated carbocycles. The third-order valence-corrected chi connectivity index (χ3v) is 3.98. The summed E-state index contributed by atoms with van der Waals surface area (Å²) in [5.74, 6) is 2.09. The molecule has 0 aromatic carbocycles. The Hall–Kier alpha value is -0.0400. The third kappa shape index (κ3) is 3.79. The standard InChI is InChI=1S/C14H27N/c1-3-4-5-6-11(2)15-14(12-7-8-12)13-9-10-13/h11-15H,3-10H2,1-2H3. The van der Waals surface area contributed by atoms with Gasteiger partial charge in [-0.25, -0.2) is 0 Å². The molecule has 0 aliphatic heterocycles. The van der Waals surface area contributed by atoms with Crippen LogP contribution in [0.2, 0.25) is 0 Å². The van der Waals surface area contributed by atoms with E-state index in [-0.39, 0.29) is 0 Å². The first-order valence-corrected chi connectivity index (χ1v) is 7.07. The van der Waals surface area contributed by atoms with Crippen molar-refractivity contribution < 1.29 is 0 Å². The van der Waals surface area contributed by atoms with Crippen LogP contribution in [0.1, 0.15) is 65.2 Å². The van der Waals surface area contributed by atoms with Gasteiger partial charge in [-0.15, -0.1) is 0 Å². The fraction of sp³-hybridized carbons (Fsp3) is 1.00. The highest BCUT2D eigenvalue weighted by atomic mass is 15.0. The molecular formula is C14H27N. The Bertz CT molecular complexity index is 170. The lowest BCUT2D eigenvalue weighted by Gasteiger charge is -2.23. The van der Waals surface area contributed by atoms with Crippen LogP contribution in [-0.4, -0.2) is 12.1 Å². The minimum Gasteiger partial charge on any atom is -0.311 e. The van der Waals surface area contributed by atoms with Crippen LogP contribution in [0.5, 0.6) is 0 Å². The average molecular weight is 209 g/mol. The van der Waals surface area contributed by atoms with Gasteiger partial charge in [-0.1, -0.05) is 26.2 Å². The van der Waals surface area contributed by atoms with Crippen molar-refractivity contribution in [3.8, 4) is 0 Å². The highest BCUT2D eigenvalue weighted by molar-refractivity contribution is 4.97. The van der Waals surface area contributed by atoms with E-state index in [0.29, 0.717) is 0 Å². The maximum atomic E-state index is 3.90. The topological polar surface area (TPSA) is 12.0 Å². The lowest BCUT2D eigenvalue weighted by Crippen LogP contribution is -2.39. The van der Waals surface area contributed by atoms with Crippen molar-refractivity contribution in [3.63, 3.8) is 0 Å². The van der Waals surface area contributed by atoms with E-state index in [0.717, 1.165) is 23.9 Å². The lowest BCUT2D eigenvalue weighted by atomic mass is 10.0. The Balaban J connectivity index is 1.64. The Morgan fingerprint density at radius 2 is 1.67 bits per heavy atom. The Kier molecular flexibility index (Phi) is 4.07. The molecule has 0 saturated heterocycles. The highest BCUT2D eigenvalue weighted by Crippen LogP contribution is 2.44. The van der Waals surface area contributed by atoms with Crippen molar-refractivity contribution in [3.05, 3.63) is 0 Å². The molecule has 15 heavy (non-hydrogen) atoms. The third-order valence-electron chi connectivity index (χ3n) is 3.98. The molecule has 88 valence electrons. The predicted molar refractivity (Wildman–Crippen MR) is 66.0 cm³/mol. The molecule has 0 spiro atoms. The SMILES string of the molecule is CCCCCC(C)NC(C1CC1)C1CC1. The van der Waals surface area contributed by atoms with Crippen LogP contribution in [0, 0.1) is 11.8 Å². The molecule has 1 atom stereocenters. The zero-order valence-corrected chi connectivity index (χ0v) is 10.5. The van der Waals surface area contributed by atoms with E-state index in [9.17, 15) is 0 Å². The fourth-order valence-electron chi connectivity index (χ4n) is 2.68. The molecule has 0 heterocycles. The molecule has 1 unspecified atom stereocenters. The maximum absolute atomic E-state index is 3.90. The van der Waals surface area contributed by atoms with Crippen LogP contribution >= 0.6 is 0 Å². The van der Waals surface area contributed by atoms with Gasteiger partial charge in [0, 0.05) is 12.1 Å². The van der Waals surface area contributed by atoms with Gasteiger partial charge >= 0.3 is 0 Å². The summed E-state index contributed by atoms with van der Waals surface area (Å²) in [5.41, 5.74) is 0. The summed E-state index contributed by atoms with van der Waals surface area (Å²) in [6, 6.07) is 1.64. The second kappa shape index (κ2) is 5.34. The van der Waals surface area contributed by atoms with E-state index in [1.54, 1.807) is 0 Å². The van der Waals surface area contributed by atoms with E-state index in [2.05, 4.69) is 19.2 Å². The molecule has 2 rings (SSSR count). The first-order chi connectivity index (χ1) is 7.31. The molecule has 0 radical (unpaired) electrons. The molecular weight excluding hydrogens is 182 g/mol. The van der Waals surface area contributed by atoms with E-state index < -0.39 is 0 Å². The van der Waals surface area contributed by atoms with Crippen LogP contribution in [-0.2, 0) is 0 Å². The van der Waals surface area contributed by atoms with Gasteiger partial charge in [0.1, 0.15) is 0 Å². The quantitative estimate of drug-likeness (QED) is 0.601. The first kappa shape index (κ1) is 11.4. The zero-order chi connectivity index (χ0) is 10.7. The van der Waals surface area contributed by atoms with Crippen LogP contribution in [0.15, 0.2) is 0 Å². The van der Waals surface area contributed by atoms with Gasteiger partial charge in [-0.3, -0.25) is 0 Å². The van der Waals surface area contributed by atoms with Gasteiger partial charge in [0.25, 0.3) is 0 Å². The van der Waals surface area contributed by atoms with Crippen LogP contribution in [0.3, 0.4) is 0 Å². The van der Waals surface area contributed by atoms with Gasteiger partial charge in [-0.05, 0) is 50.9 Å². The average Bonchev–Trinajstić information content (AvgIpc) is 3.05. The van der Waals surface area contributed by atoms with Crippen molar-refractivity contribution in [1.29, 1.82) is 0 Å². The maximum Gasteiger partial charge on any atom is 0.0126 e. The van der Waals surface area contributed by atoms with E-state index in [1.807, 2.05) is 0 Å². The summed E-state index contributed by atoms with van der Waals surface area (Å²) in [5, 5.41) is 3.90. The van der Waals surface area contributed by atoms with E-state index >= 15 is 0 Å². The summed E-state index contributed by atoms with van der Waals surface area (Å²) in [7, 11) is 0. The second-order valence-corrected chi connectivity index (χ2v) is 5.76. The minimum absolute atomic E-state index is 0.753. The van der Waals surface area contributed by atoms with Gasteiger partial charge in [0.05, 0.1) is 0 Å². The van der Waals surface area contributed by atoms with E-state index in [1.165, 1.54) is 51.4 Å². The molecule has 1 N–H and O–H groups in total.